The minimum absolute atomic E-state index is 0.664. The van der Waals surface area contributed by atoms with Gasteiger partial charge in [0.05, 0.1) is 0 Å². The first kappa shape index (κ1) is 15.7. The van der Waals surface area contributed by atoms with Crippen molar-refractivity contribution in [1.29, 1.82) is 0 Å². The van der Waals surface area contributed by atoms with Crippen LogP contribution in [0.1, 0.15) is 76.5 Å². The van der Waals surface area contributed by atoms with Crippen molar-refractivity contribution in [3.05, 3.63) is 75.4 Å². The average Bonchev–Trinajstić information content (AvgIpc) is 3.28. The van der Waals surface area contributed by atoms with E-state index in [9.17, 15) is 0 Å². The lowest BCUT2D eigenvalue weighted by molar-refractivity contribution is 0.748. The highest BCUT2D eigenvalue weighted by atomic mass is 14.3. The van der Waals surface area contributed by atoms with Crippen molar-refractivity contribution >= 4 is 5.57 Å². The van der Waals surface area contributed by atoms with E-state index < -0.39 is 0 Å². The first-order valence-electron chi connectivity index (χ1n) is 9.40. The van der Waals surface area contributed by atoms with E-state index in [4.69, 9.17) is 0 Å². The summed E-state index contributed by atoms with van der Waals surface area (Å²) in [7, 11) is 0. The number of allylic oxidation sites excluding steroid dienone is 2. The number of hydrogen-bond acceptors (Lipinski definition) is 0. The summed E-state index contributed by atoms with van der Waals surface area (Å²) in [5.41, 5.74) is 12.0. The first-order valence-corrected chi connectivity index (χ1v) is 9.40. The summed E-state index contributed by atoms with van der Waals surface area (Å²) in [5, 5.41) is 0. The topological polar surface area (TPSA) is 0 Å². The van der Waals surface area contributed by atoms with Gasteiger partial charge in [0.1, 0.15) is 0 Å². The second kappa shape index (κ2) is 5.92. The van der Waals surface area contributed by atoms with Gasteiger partial charge in [-0.25, -0.2) is 0 Å². The van der Waals surface area contributed by atoms with Gasteiger partial charge in [0.25, 0.3) is 0 Å². The standard InChI is InChI=1S/C24H28/c1-15-5-6-17(3)22(11-15)20-9-10-21(14-20)24-13-16(2)12-23(18(24)4)19-7-8-19/h5-6,9,11-13,19,21H,7-8,10,14H2,1-4H3. The molecular formula is C24H28. The maximum atomic E-state index is 2.49. The summed E-state index contributed by atoms with van der Waals surface area (Å²) < 4.78 is 0. The van der Waals surface area contributed by atoms with Crippen molar-refractivity contribution < 1.29 is 0 Å². The maximum absolute atomic E-state index is 2.49. The molecule has 0 heteroatoms. The predicted octanol–water partition coefficient (Wildman–Crippen LogP) is 6.76. The third-order valence-corrected chi connectivity index (χ3v) is 5.94. The lowest BCUT2D eigenvalue weighted by Gasteiger charge is -2.19. The Balaban J connectivity index is 1.64. The number of hydrogen-bond donors (Lipinski definition) is 0. The van der Waals surface area contributed by atoms with Crippen LogP contribution in [0.4, 0.5) is 0 Å². The summed E-state index contributed by atoms with van der Waals surface area (Å²) in [6.07, 6.45) is 7.65. The zero-order valence-corrected chi connectivity index (χ0v) is 15.4. The van der Waals surface area contributed by atoms with E-state index in [1.54, 1.807) is 22.3 Å². The van der Waals surface area contributed by atoms with Gasteiger partial charge < -0.3 is 0 Å². The van der Waals surface area contributed by atoms with Crippen LogP contribution in [-0.2, 0) is 0 Å². The Morgan fingerprint density at radius 1 is 0.792 bits per heavy atom. The lowest BCUT2D eigenvalue weighted by atomic mass is 9.86. The van der Waals surface area contributed by atoms with E-state index in [0.29, 0.717) is 5.92 Å². The molecule has 1 atom stereocenters. The molecule has 124 valence electrons. The van der Waals surface area contributed by atoms with Crippen LogP contribution in [0.5, 0.6) is 0 Å². The van der Waals surface area contributed by atoms with Crippen molar-refractivity contribution in [3.8, 4) is 0 Å². The van der Waals surface area contributed by atoms with Crippen LogP contribution in [-0.4, -0.2) is 0 Å². The fraction of sp³-hybridized carbons (Fsp3) is 0.417. The van der Waals surface area contributed by atoms with E-state index in [2.05, 4.69) is 64.1 Å². The highest BCUT2D eigenvalue weighted by Gasteiger charge is 2.29. The molecule has 2 aliphatic carbocycles. The maximum Gasteiger partial charge on any atom is -0.00838 e. The number of benzene rings is 2. The van der Waals surface area contributed by atoms with E-state index in [-0.39, 0.29) is 0 Å². The van der Waals surface area contributed by atoms with Gasteiger partial charge >= 0.3 is 0 Å². The van der Waals surface area contributed by atoms with Crippen LogP contribution in [0.25, 0.3) is 5.57 Å². The van der Waals surface area contributed by atoms with Crippen LogP contribution < -0.4 is 0 Å². The molecule has 0 bridgehead atoms. The largest absolute Gasteiger partial charge is 0.0801 e. The third-order valence-electron chi connectivity index (χ3n) is 5.94. The molecule has 1 unspecified atom stereocenters. The molecule has 0 saturated heterocycles. The van der Waals surface area contributed by atoms with Gasteiger partial charge in [0.2, 0.25) is 0 Å². The van der Waals surface area contributed by atoms with E-state index in [0.717, 1.165) is 5.92 Å². The van der Waals surface area contributed by atoms with Gasteiger partial charge in [-0.05, 0) is 98.6 Å². The van der Waals surface area contributed by atoms with Crippen molar-refractivity contribution in [2.75, 3.05) is 0 Å². The van der Waals surface area contributed by atoms with Crippen molar-refractivity contribution in [3.63, 3.8) is 0 Å². The smallest absolute Gasteiger partial charge is 0.00838 e. The lowest BCUT2D eigenvalue weighted by Crippen LogP contribution is -2.02. The third kappa shape index (κ3) is 2.83. The molecule has 1 saturated carbocycles. The molecule has 0 nitrogen and oxygen atoms in total. The van der Waals surface area contributed by atoms with Crippen LogP contribution >= 0.6 is 0 Å². The second-order valence-electron chi connectivity index (χ2n) is 8.03. The molecule has 24 heavy (non-hydrogen) atoms. The first-order chi connectivity index (χ1) is 11.5. The Hall–Kier alpha value is -1.82. The quantitative estimate of drug-likeness (QED) is 0.587. The zero-order valence-electron chi connectivity index (χ0n) is 15.4. The Morgan fingerprint density at radius 2 is 1.50 bits per heavy atom. The Morgan fingerprint density at radius 3 is 2.21 bits per heavy atom. The van der Waals surface area contributed by atoms with Crippen LogP contribution in [0, 0.1) is 27.7 Å². The Bertz CT molecular complexity index is 818. The molecule has 4 rings (SSSR count). The van der Waals surface area contributed by atoms with Crippen LogP contribution in [0.2, 0.25) is 0 Å². The summed E-state index contributed by atoms with van der Waals surface area (Å²) in [4.78, 5) is 0. The molecule has 0 radical (unpaired) electrons. The van der Waals surface area contributed by atoms with Gasteiger partial charge in [-0.3, -0.25) is 0 Å². The van der Waals surface area contributed by atoms with Gasteiger partial charge in [-0.15, -0.1) is 0 Å². The minimum Gasteiger partial charge on any atom is -0.0801 e. The van der Waals surface area contributed by atoms with Crippen molar-refractivity contribution in [1.82, 2.24) is 0 Å². The summed E-state index contributed by atoms with van der Waals surface area (Å²) in [6.45, 7) is 9.07. The van der Waals surface area contributed by atoms with Crippen LogP contribution in [0.3, 0.4) is 0 Å². The fourth-order valence-electron chi connectivity index (χ4n) is 4.41. The normalized spacial score (nSPS) is 20.3. The number of rotatable bonds is 3. The highest BCUT2D eigenvalue weighted by molar-refractivity contribution is 5.71. The average molecular weight is 316 g/mol. The van der Waals surface area contributed by atoms with Gasteiger partial charge in [0.15, 0.2) is 0 Å². The molecule has 0 N–H and O–H groups in total. The minimum atomic E-state index is 0.664. The number of aryl methyl sites for hydroxylation is 3. The van der Waals surface area contributed by atoms with E-state index in [1.807, 2.05) is 0 Å². The van der Waals surface area contributed by atoms with Crippen molar-refractivity contribution in [2.45, 2.75) is 65.2 Å². The molecule has 2 aromatic rings. The Kier molecular flexibility index (Phi) is 3.87. The predicted molar refractivity (Wildman–Crippen MR) is 104 cm³/mol. The molecule has 0 aromatic heterocycles. The highest BCUT2D eigenvalue weighted by Crippen LogP contribution is 2.46. The molecule has 0 amide bonds. The molecule has 0 aliphatic heterocycles. The van der Waals surface area contributed by atoms with Gasteiger partial charge in [-0.1, -0.05) is 47.5 Å². The second-order valence-corrected chi connectivity index (χ2v) is 8.03. The fourth-order valence-corrected chi connectivity index (χ4v) is 4.41. The monoisotopic (exact) mass is 316 g/mol. The van der Waals surface area contributed by atoms with E-state index in [1.165, 1.54) is 47.9 Å². The SMILES string of the molecule is Cc1ccc(C)c(C2=CCC(c3cc(C)cc(C4CC4)c3C)C2)c1. The van der Waals surface area contributed by atoms with Gasteiger partial charge in [0, 0.05) is 0 Å². The summed E-state index contributed by atoms with van der Waals surface area (Å²) in [5.74, 6) is 1.51. The molecule has 0 spiro atoms. The molecule has 2 aromatic carbocycles. The van der Waals surface area contributed by atoms with Crippen LogP contribution in [0.15, 0.2) is 36.4 Å². The molecular weight excluding hydrogens is 288 g/mol. The molecule has 1 fully saturated rings. The summed E-state index contributed by atoms with van der Waals surface area (Å²) >= 11 is 0. The zero-order chi connectivity index (χ0) is 16.8. The molecule has 2 aliphatic rings. The van der Waals surface area contributed by atoms with Crippen molar-refractivity contribution in [2.24, 2.45) is 0 Å². The summed E-state index contributed by atoms with van der Waals surface area (Å²) in [6, 6.07) is 11.7. The van der Waals surface area contributed by atoms with Gasteiger partial charge in [-0.2, -0.15) is 0 Å². The van der Waals surface area contributed by atoms with E-state index >= 15 is 0 Å². The molecule has 0 heterocycles. The Labute approximate surface area is 146 Å².